The predicted molar refractivity (Wildman–Crippen MR) is 67.5 cm³/mol. The van der Waals surface area contributed by atoms with Crippen molar-refractivity contribution in [2.45, 2.75) is 13.8 Å². The van der Waals surface area contributed by atoms with Crippen LogP contribution in [0.5, 0.6) is 5.75 Å². The summed E-state index contributed by atoms with van der Waals surface area (Å²) in [4.78, 5) is 11.6. The van der Waals surface area contributed by atoms with Crippen LogP contribution in [-0.2, 0) is 9.53 Å². The van der Waals surface area contributed by atoms with Gasteiger partial charge in [0, 0.05) is 5.56 Å². The first-order chi connectivity index (χ1) is 8.54. The Morgan fingerprint density at radius 1 is 1.50 bits per heavy atom. The van der Waals surface area contributed by atoms with E-state index in [1.54, 1.807) is 24.3 Å². The van der Waals surface area contributed by atoms with Crippen LogP contribution in [0.2, 0.25) is 0 Å². The molecule has 4 nitrogen and oxygen atoms in total. The number of carbonyl (C=O) groups is 1. The van der Waals surface area contributed by atoms with E-state index in [0.29, 0.717) is 5.56 Å². The smallest absolute Gasteiger partial charge is 0.348 e. The Labute approximate surface area is 106 Å². The summed E-state index contributed by atoms with van der Waals surface area (Å²) in [6.45, 7) is 4.08. The van der Waals surface area contributed by atoms with E-state index in [1.165, 1.54) is 12.1 Å². The minimum absolute atomic E-state index is 0.0157. The van der Waals surface area contributed by atoms with Gasteiger partial charge in [-0.3, -0.25) is 0 Å². The van der Waals surface area contributed by atoms with Crippen LogP contribution in [0.15, 0.2) is 29.8 Å². The number of carbonyl (C=O) groups excluding carboxylic acids is 1. The monoisotopic (exact) mass is 245 g/mol. The number of nitrogens with zero attached hydrogens (tertiary/aromatic N) is 1. The highest BCUT2D eigenvalue weighted by molar-refractivity contribution is 5.98. The number of hydrogen-bond donors (Lipinski definition) is 1. The van der Waals surface area contributed by atoms with Crippen LogP contribution in [0.3, 0.4) is 0 Å². The molecule has 0 aliphatic carbocycles. The van der Waals surface area contributed by atoms with Crippen molar-refractivity contribution in [1.29, 1.82) is 5.26 Å². The van der Waals surface area contributed by atoms with Crippen LogP contribution >= 0.6 is 0 Å². The van der Waals surface area contributed by atoms with Crippen LogP contribution in [-0.4, -0.2) is 17.7 Å². The fourth-order valence-corrected chi connectivity index (χ4v) is 1.22. The first-order valence-corrected chi connectivity index (χ1v) is 5.61. The molecule has 1 rings (SSSR count). The van der Waals surface area contributed by atoms with Gasteiger partial charge in [-0.1, -0.05) is 32.0 Å². The van der Waals surface area contributed by atoms with Crippen LogP contribution in [0, 0.1) is 17.2 Å². The van der Waals surface area contributed by atoms with Gasteiger partial charge in [0.15, 0.2) is 0 Å². The van der Waals surface area contributed by atoms with Crippen LogP contribution in [0.25, 0.3) is 6.08 Å². The van der Waals surface area contributed by atoms with E-state index in [1.807, 2.05) is 13.8 Å². The quantitative estimate of drug-likeness (QED) is 0.502. The third-order valence-corrected chi connectivity index (χ3v) is 2.12. The van der Waals surface area contributed by atoms with Crippen molar-refractivity contribution in [2.75, 3.05) is 6.61 Å². The molecule has 1 N–H and O–H groups in total. The molecule has 0 aliphatic rings. The molecule has 1 aromatic carbocycles. The molecule has 0 heterocycles. The van der Waals surface area contributed by atoms with Crippen molar-refractivity contribution in [3.63, 3.8) is 0 Å². The highest BCUT2D eigenvalue weighted by atomic mass is 16.5. The Morgan fingerprint density at radius 3 is 2.72 bits per heavy atom. The lowest BCUT2D eigenvalue weighted by atomic mass is 10.1. The molecular formula is C14H15NO3. The zero-order chi connectivity index (χ0) is 13.5. The van der Waals surface area contributed by atoms with Crippen molar-refractivity contribution in [3.8, 4) is 11.8 Å². The Morgan fingerprint density at radius 2 is 2.17 bits per heavy atom. The second kappa shape index (κ2) is 6.45. The maximum atomic E-state index is 11.6. The van der Waals surface area contributed by atoms with Gasteiger partial charge in [0.1, 0.15) is 17.4 Å². The maximum absolute atomic E-state index is 11.6. The van der Waals surface area contributed by atoms with Crippen LogP contribution in [0.1, 0.15) is 19.4 Å². The van der Waals surface area contributed by atoms with Gasteiger partial charge in [-0.2, -0.15) is 5.26 Å². The fourth-order valence-electron chi connectivity index (χ4n) is 1.22. The largest absolute Gasteiger partial charge is 0.507 e. The number of nitriles is 1. The highest BCUT2D eigenvalue weighted by Gasteiger charge is 2.12. The Balaban J connectivity index is 2.87. The summed E-state index contributed by atoms with van der Waals surface area (Å²) in [7, 11) is 0. The average Bonchev–Trinajstić information content (AvgIpc) is 2.35. The van der Waals surface area contributed by atoms with E-state index in [2.05, 4.69) is 0 Å². The summed E-state index contributed by atoms with van der Waals surface area (Å²) in [5.41, 5.74) is 0.285. The molecule has 1 aromatic rings. The summed E-state index contributed by atoms with van der Waals surface area (Å²) in [6.07, 6.45) is 1.32. The fraction of sp³-hybridized carbons (Fsp3) is 0.286. The molecule has 0 atom stereocenters. The SMILES string of the molecule is CC(C)COC(=O)/C(C#N)=C/c1ccccc1O. The maximum Gasteiger partial charge on any atom is 0.348 e. The minimum atomic E-state index is -0.672. The lowest BCUT2D eigenvalue weighted by Crippen LogP contribution is -2.11. The summed E-state index contributed by atoms with van der Waals surface area (Å²) in [5.74, 6) is -0.449. The summed E-state index contributed by atoms with van der Waals surface area (Å²) in [6, 6.07) is 8.25. The molecule has 0 amide bonds. The minimum Gasteiger partial charge on any atom is -0.507 e. The number of aromatic hydroxyl groups is 1. The molecule has 4 heteroatoms. The molecule has 0 unspecified atom stereocenters. The summed E-state index contributed by atoms with van der Waals surface area (Å²) < 4.78 is 4.96. The number of para-hydroxylation sites is 1. The number of esters is 1. The average molecular weight is 245 g/mol. The lowest BCUT2D eigenvalue weighted by molar-refractivity contribution is -0.139. The zero-order valence-electron chi connectivity index (χ0n) is 10.4. The molecule has 0 fully saturated rings. The second-order valence-electron chi connectivity index (χ2n) is 4.22. The van der Waals surface area contributed by atoms with Crippen LogP contribution in [0.4, 0.5) is 0 Å². The molecule has 0 aliphatic heterocycles. The zero-order valence-corrected chi connectivity index (χ0v) is 10.4. The summed E-state index contributed by atoms with van der Waals surface area (Å²) >= 11 is 0. The van der Waals surface area contributed by atoms with E-state index in [4.69, 9.17) is 10.00 Å². The van der Waals surface area contributed by atoms with E-state index >= 15 is 0 Å². The Kier molecular flexibility index (Phi) is 4.94. The molecule has 0 bridgehead atoms. The number of hydrogen-bond acceptors (Lipinski definition) is 4. The Bertz CT molecular complexity index is 498. The molecular weight excluding hydrogens is 230 g/mol. The van der Waals surface area contributed by atoms with Gasteiger partial charge >= 0.3 is 5.97 Å². The van der Waals surface area contributed by atoms with Gasteiger partial charge in [-0.15, -0.1) is 0 Å². The standard InChI is InChI=1S/C14H15NO3/c1-10(2)9-18-14(17)12(8-15)7-11-5-3-4-6-13(11)16/h3-7,10,16H,9H2,1-2H3/b12-7+. The number of ether oxygens (including phenoxy) is 1. The molecule has 0 spiro atoms. The molecule has 0 saturated carbocycles. The topological polar surface area (TPSA) is 70.3 Å². The number of phenolic OH excluding ortho intramolecular Hbond substituents is 1. The molecule has 18 heavy (non-hydrogen) atoms. The van der Waals surface area contributed by atoms with Crippen LogP contribution < -0.4 is 0 Å². The first-order valence-electron chi connectivity index (χ1n) is 5.61. The lowest BCUT2D eigenvalue weighted by Gasteiger charge is -2.06. The van der Waals surface area contributed by atoms with Gasteiger partial charge in [0.25, 0.3) is 0 Å². The second-order valence-corrected chi connectivity index (χ2v) is 4.22. The molecule has 0 radical (unpaired) electrons. The Hall–Kier alpha value is -2.28. The van der Waals surface area contributed by atoms with Gasteiger partial charge < -0.3 is 9.84 Å². The molecule has 0 saturated heterocycles. The predicted octanol–water partition coefficient (Wildman–Crippen LogP) is 2.50. The van der Waals surface area contributed by atoms with Crippen molar-refractivity contribution < 1.29 is 14.6 Å². The number of rotatable bonds is 4. The third-order valence-electron chi connectivity index (χ3n) is 2.12. The van der Waals surface area contributed by atoms with E-state index in [0.717, 1.165) is 0 Å². The normalized spacial score (nSPS) is 11.1. The van der Waals surface area contributed by atoms with Crippen molar-refractivity contribution >= 4 is 12.0 Å². The number of benzene rings is 1. The highest BCUT2D eigenvalue weighted by Crippen LogP contribution is 2.19. The van der Waals surface area contributed by atoms with Gasteiger partial charge in [-0.25, -0.2) is 4.79 Å². The number of phenols is 1. The van der Waals surface area contributed by atoms with Crippen molar-refractivity contribution in [1.82, 2.24) is 0 Å². The first kappa shape index (κ1) is 13.8. The molecule has 0 aromatic heterocycles. The van der Waals surface area contributed by atoms with E-state index in [9.17, 15) is 9.90 Å². The van der Waals surface area contributed by atoms with Crippen molar-refractivity contribution in [3.05, 3.63) is 35.4 Å². The van der Waals surface area contributed by atoms with Crippen molar-refractivity contribution in [2.24, 2.45) is 5.92 Å². The van der Waals surface area contributed by atoms with Gasteiger partial charge in [-0.05, 0) is 18.1 Å². The third kappa shape index (κ3) is 3.95. The molecule has 94 valence electrons. The van der Waals surface area contributed by atoms with Gasteiger partial charge in [0.05, 0.1) is 6.61 Å². The summed E-state index contributed by atoms with van der Waals surface area (Å²) in [5, 5.41) is 18.5. The van der Waals surface area contributed by atoms with E-state index in [-0.39, 0.29) is 23.8 Å². The van der Waals surface area contributed by atoms with Gasteiger partial charge in [0.2, 0.25) is 0 Å². The van der Waals surface area contributed by atoms with E-state index < -0.39 is 5.97 Å².